The van der Waals surface area contributed by atoms with Crippen molar-refractivity contribution in [2.75, 3.05) is 20.3 Å². The zero-order valence-electron chi connectivity index (χ0n) is 17.7. The molecule has 2 aromatic carbocycles. The number of para-hydroxylation sites is 1. The number of methoxy groups -OCH3 is 1. The first-order valence-electron chi connectivity index (χ1n) is 10.6. The van der Waals surface area contributed by atoms with E-state index in [0.717, 1.165) is 71.1 Å². The first-order chi connectivity index (χ1) is 15.2. The highest BCUT2D eigenvalue weighted by Crippen LogP contribution is 2.40. The minimum Gasteiger partial charge on any atom is -0.481 e. The monoisotopic (exact) mass is 415 g/mol. The smallest absolute Gasteiger partial charge is 0.215 e. The molecule has 1 aliphatic rings. The summed E-state index contributed by atoms with van der Waals surface area (Å²) in [5, 5.41) is 0. The molecule has 6 heteroatoms. The fraction of sp³-hybridized carbons (Fsp3) is 0.280. The first-order valence-corrected chi connectivity index (χ1v) is 10.6. The average molecular weight is 415 g/mol. The lowest BCUT2D eigenvalue weighted by atomic mass is 10.00. The second kappa shape index (κ2) is 8.40. The summed E-state index contributed by atoms with van der Waals surface area (Å²) >= 11 is 0. The highest BCUT2D eigenvalue weighted by atomic mass is 16.5. The Balaban J connectivity index is 1.65. The van der Waals surface area contributed by atoms with Crippen LogP contribution in [0.4, 0.5) is 0 Å². The van der Waals surface area contributed by atoms with Gasteiger partial charge < -0.3 is 19.2 Å². The molecule has 0 unspecified atom stereocenters. The maximum atomic E-state index is 6.41. The Labute approximate surface area is 181 Å². The summed E-state index contributed by atoms with van der Waals surface area (Å²) in [6.07, 6.45) is 3.77. The third kappa shape index (κ3) is 3.86. The molecular weight excluding hydrogens is 390 g/mol. The molecule has 5 rings (SSSR count). The second-order valence-electron chi connectivity index (χ2n) is 7.81. The Bertz CT molecular complexity index is 1200. The van der Waals surface area contributed by atoms with Crippen LogP contribution in [0.5, 0.6) is 17.4 Å². The standard InChI is InChI=1S/C25H25N3O3/c1-16-14-18(15-26-25(16)29-2)20-8-9-21-22(23(20)31-19-6-4-3-5-7-19)28-24(27-21)17-10-12-30-13-11-17/h3-9,14-15,17H,10-13H2,1-2H3,(H,27,28). The van der Waals surface area contributed by atoms with Crippen molar-refractivity contribution in [2.45, 2.75) is 25.7 Å². The Morgan fingerprint density at radius 1 is 1.06 bits per heavy atom. The Morgan fingerprint density at radius 2 is 1.87 bits per heavy atom. The van der Waals surface area contributed by atoms with Crippen LogP contribution in [-0.2, 0) is 4.74 Å². The Kier molecular flexibility index (Phi) is 5.30. The van der Waals surface area contributed by atoms with Crippen molar-refractivity contribution in [2.24, 2.45) is 0 Å². The zero-order chi connectivity index (χ0) is 21.2. The summed E-state index contributed by atoms with van der Waals surface area (Å²) in [5.74, 6) is 3.49. The quantitative estimate of drug-likeness (QED) is 0.458. The summed E-state index contributed by atoms with van der Waals surface area (Å²) in [4.78, 5) is 13.0. The predicted octanol–water partition coefficient (Wildman–Crippen LogP) is 5.63. The number of aryl methyl sites for hydroxylation is 1. The van der Waals surface area contributed by atoms with Gasteiger partial charge in [-0.15, -0.1) is 0 Å². The van der Waals surface area contributed by atoms with Gasteiger partial charge in [0.05, 0.1) is 12.6 Å². The van der Waals surface area contributed by atoms with Crippen molar-refractivity contribution in [1.82, 2.24) is 15.0 Å². The molecule has 0 spiro atoms. The molecular formula is C25H25N3O3. The van der Waals surface area contributed by atoms with Crippen LogP contribution in [0.1, 0.15) is 30.1 Å². The average Bonchev–Trinajstić information content (AvgIpc) is 3.25. The summed E-state index contributed by atoms with van der Waals surface area (Å²) in [5.41, 5.74) is 4.67. The normalized spacial score (nSPS) is 14.6. The molecule has 158 valence electrons. The van der Waals surface area contributed by atoms with Crippen LogP contribution in [-0.4, -0.2) is 35.3 Å². The summed E-state index contributed by atoms with van der Waals surface area (Å²) in [6, 6.07) is 16.0. The minimum absolute atomic E-state index is 0.374. The predicted molar refractivity (Wildman–Crippen MR) is 120 cm³/mol. The third-order valence-corrected chi connectivity index (χ3v) is 5.73. The van der Waals surface area contributed by atoms with Crippen LogP contribution in [0.25, 0.3) is 22.2 Å². The molecule has 1 N–H and O–H groups in total. The van der Waals surface area contributed by atoms with E-state index in [1.807, 2.05) is 43.5 Å². The van der Waals surface area contributed by atoms with E-state index in [4.69, 9.17) is 19.2 Å². The molecule has 4 aromatic rings. The molecule has 1 aliphatic heterocycles. The van der Waals surface area contributed by atoms with Gasteiger partial charge in [0.25, 0.3) is 0 Å². The highest BCUT2D eigenvalue weighted by Gasteiger charge is 2.22. The molecule has 1 fully saturated rings. The van der Waals surface area contributed by atoms with Gasteiger partial charge >= 0.3 is 0 Å². The lowest BCUT2D eigenvalue weighted by Crippen LogP contribution is -2.15. The fourth-order valence-corrected chi connectivity index (χ4v) is 4.09. The summed E-state index contributed by atoms with van der Waals surface area (Å²) < 4.78 is 17.3. The van der Waals surface area contributed by atoms with E-state index in [2.05, 4.69) is 28.2 Å². The van der Waals surface area contributed by atoms with E-state index >= 15 is 0 Å². The molecule has 31 heavy (non-hydrogen) atoms. The van der Waals surface area contributed by atoms with Gasteiger partial charge in [0, 0.05) is 42.0 Å². The summed E-state index contributed by atoms with van der Waals surface area (Å²) in [7, 11) is 1.63. The van der Waals surface area contributed by atoms with Gasteiger partial charge in [-0.25, -0.2) is 9.97 Å². The number of nitrogens with zero attached hydrogens (tertiary/aromatic N) is 2. The topological polar surface area (TPSA) is 69.3 Å². The SMILES string of the molecule is COc1ncc(-c2ccc3[nH]c(C4CCOCC4)nc3c2Oc2ccccc2)cc1C. The third-order valence-electron chi connectivity index (χ3n) is 5.73. The largest absolute Gasteiger partial charge is 0.481 e. The number of fused-ring (bicyclic) bond motifs is 1. The number of ether oxygens (including phenoxy) is 3. The molecule has 0 radical (unpaired) electrons. The van der Waals surface area contributed by atoms with Crippen molar-refractivity contribution in [1.29, 1.82) is 0 Å². The molecule has 3 heterocycles. The van der Waals surface area contributed by atoms with Gasteiger partial charge in [-0.3, -0.25) is 0 Å². The lowest BCUT2D eigenvalue weighted by Gasteiger charge is -2.19. The fourth-order valence-electron chi connectivity index (χ4n) is 4.09. The maximum Gasteiger partial charge on any atom is 0.215 e. The van der Waals surface area contributed by atoms with E-state index in [1.165, 1.54) is 0 Å². The summed E-state index contributed by atoms with van der Waals surface area (Å²) in [6.45, 7) is 3.54. The molecule has 0 atom stereocenters. The van der Waals surface area contributed by atoms with Crippen LogP contribution in [0.3, 0.4) is 0 Å². The van der Waals surface area contributed by atoms with Crippen molar-refractivity contribution in [3.05, 3.63) is 66.1 Å². The lowest BCUT2D eigenvalue weighted by molar-refractivity contribution is 0.0838. The number of H-pyrrole nitrogens is 1. The van der Waals surface area contributed by atoms with Crippen molar-refractivity contribution in [3.8, 4) is 28.5 Å². The number of imidazole rings is 1. The Hall–Kier alpha value is -3.38. The number of hydrogen-bond donors (Lipinski definition) is 1. The van der Waals surface area contributed by atoms with Crippen LogP contribution >= 0.6 is 0 Å². The van der Waals surface area contributed by atoms with Gasteiger partial charge in [-0.1, -0.05) is 18.2 Å². The van der Waals surface area contributed by atoms with Crippen LogP contribution in [0.2, 0.25) is 0 Å². The van der Waals surface area contributed by atoms with Gasteiger partial charge in [-0.05, 0) is 50.1 Å². The number of nitrogens with one attached hydrogen (secondary N) is 1. The van der Waals surface area contributed by atoms with Crippen molar-refractivity contribution >= 4 is 11.0 Å². The molecule has 1 saturated heterocycles. The van der Waals surface area contributed by atoms with Gasteiger partial charge in [-0.2, -0.15) is 0 Å². The molecule has 6 nitrogen and oxygen atoms in total. The van der Waals surface area contributed by atoms with E-state index < -0.39 is 0 Å². The van der Waals surface area contributed by atoms with Crippen LogP contribution in [0.15, 0.2) is 54.7 Å². The van der Waals surface area contributed by atoms with Crippen molar-refractivity contribution in [3.63, 3.8) is 0 Å². The second-order valence-corrected chi connectivity index (χ2v) is 7.81. The molecule has 2 aromatic heterocycles. The number of hydrogen-bond acceptors (Lipinski definition) is 5. The highest BCUT2D eigenvalue weighted by molar-refractivity contribution is 5.91. The Morgan fingerprint density at radius 3 is 2.61 bits per heavy atom. The van der Waals surface area contributed by atoms with E-state index in [0.29, 0.717) is 11.8 Å². The van der Waals surface area contributed by atoms with Gasteiger partial charge in [0.1, 0.15) is 17.1 Å². The van der Waals surface area contributed by atoms with Crippen LogP contribution < -0.4 is 9.47 Å². The van der Waals surface area contributed by atoms with E-state index in [1.54, 1.807) is 7.11 Å². The van der Waals surface area contributed by atoms with Crippen LogP contribution in [0, 0.1) is 6.92 Å². The molecule has 0 bridgehead atoms. The number of rotatable bonds is 5. The van der Waals surface area contributed by atoms with E-state index in [9.17, 15) is 0 Å². The minimum atomic E-state index is 0.374. The van der Waals surface area contributed by atoms with Gasteiger partial charge in [0.2, 0.25) is 5.88 Å². The van der Waals surface area contributed by atoms with E-state index in [-0.39, 0.29) is 0 Å². The zero-order valence-corrected chi connectivity index (χ0v) is 17.7. The number of aromatic nitrogens is 3. The number of benzene rings is 2. The first kappa shape index (κ1) is 19.6. The number of pyridine rings is 1. The number of aromatic amines is 1. The molecule has 0 saturated carbocycles. The molecule has 0 aliphatic carbocycles. The van der Waals surface area contributed by atoms with Crippen molar-refractivity contribution < 1.29 is 14.2 Å². The molecule has 0 amide bonds. The maximum absolute atomic E-state index is 6.41. The van der Waals surface area contributed by atoms with Gasteiger partial charge in [0.15, 0.2) is 5.75 Å².